The predicted molar refractivity (Wildman–Crippen MR) is 90.5 cm³/mol. The summed E-state index contributed by atoms with van der Waals surface area (Å²) < 4.78 is 6.81. The van der Waals surface area contributed by atoms with Gasteiger partial charge in [0.2, 0.25) is 0 Å². The Kier molecular flexibility index (Phi) is 4.84. The Labute approximate surface area is 162 Å². The molecular weight excluding hydrogens is 449 g/mol. The van der Waals surface area contributed by atoms with E-state index < -0.39 is 27.8 Å². The predicted octanol–water partition coefficient (Wildman–Crippen LogP) is -3.55. The number of benzene rings is 1. The van der Waals surface area contributed by atoms with Crippen LogP contribution in [-0.2, 0) is 16.1 Å². The van der Waals surface area contributed by atoms with Crippen molar-refractivity contribution in [3.05, 3.63) is 29.3 Å². The summed E-state index contributed by atoms with van der Waals surface area (Å²) in [6, 6.07) is 5.32. The molecule has 1 atom stereocenters. The summed E-state index contributed by atoms with van der Waals surface area (Å²) in [6.07, 6.45) is 0.641. The van der Waals surface area contributed by atoms with E-state index in [0.29, 0.717) is 18.5 Å². The van der Waals surface area contributed by atoms with Gasteiger partial charge in [-0.15, -0.1) is 0 Å². The molecule has 3 amide bonds. The number of rotatable bonds is 3. The van der Waals surface area contributed by atoms with E-state index in [1.807, 2.05) is 12.1 Å². The van der Waals surface area contributed by atoms with Crippen LogP contribution in [0.2, 0.25) is 0 Å². The summed E-state index contributed by atoms with van der Waals surface area (Å²) in [5, 5.41) is 3.33. The Balaban J connectivity index is 1.56. The molecule has 3 N–H and O–H groups in total. The molecule has 0 aliphatic carbocycles. The maximum atomic E-state index is 12.8. The number of hydrogen-bond acceptors (Lipinski definition) is 6. The number of carbonyl (C=O) groups excluding carboxylic acids is 3. The number of hydrogen-bond donors (Lipinski definition) is 2. The second kappa shape index (κ2) is 7.12. The Bertz CT molecular complexity index is 765. The summed E-state index contributed by atoms with van der Waals surface area (Å²) >= 11 is -1.14. The first-order valence-electron chi connectivity index (χ1n) is 8.70. The first-order chi connectivity index (χ1) is 12.6. The van der Waals surface area contributed by atoms with Gasteiger partial charge in [-0.25, -0.2) is 0 Å². The molecule has 3 aliphatic heterocycles. The van der Waals surface area contributed by atoms with Gasteiger partial charge in [0.05, 0.1) is 0 Å². The molecule has 4 rings (SSSR count). The molecular formula is C17H21IN5O3-. The molecule has 26 heavy (non-hydrogen) atoms. The van der Waals surface area contributed by atoms with E-state index in [1.54, 1.807) is 4.90 Å². The first-order valence-corrected chi connectivity index (χ1v) is 10.9. The van der Waals surface area contributed by atoms with Gasteiger partial charge in [-0.05, 0) is 0 Å². The molecule has 1 unspecified atom stereocenters. The van der Waals surface area contributed by atoms with Crippen molar-refractivity contribution < 1.29 is 36.1 Å². The Morgan fingerprint density at radius 3 is 2.65 bits per heavy atom. The van der Waals surface area contributed by atoms with Crippen LogP contribution in [0.4, 0.5) is 5.69 Å². The minimum absolute atomic E-state index is 0.130. The molecule has 0 saturated carbocycles. The van der Waals surface area contributed by atoms with E-state index in [1.165, 1.54) is 0 Å². The SMILES string of the molecule is N[I-]N1C(=O)CCC(N2Cc3cc(N4CCNCC4)ccc3C2=O)C1=O. The fraction of sp³-hybridized carbons (Fsp3) is 0.471. The number of fused-ring (bicyclic) bond motifs is 1. The van der Waals surface area contributed by atoms with Gasteiger partial charge in [0.1, 0.15) is 0 Å². The number of amides is 3. The number of carbonyl (C=O) groups is 3. The molecule has 8 nitrogen and oxygen atoms in total. The minimum atomic E-state index is -1.14. The molecule has 3 heterocycles. The fourth-order valence-corrected chi connectivity index (χ4v) is 4.98. The van der Waals surface area contributed by atoms with Crippen LogP contribution in [0, 0.1) is 0 Å². The summed E-state index contributed by atoms with van der Waals surface area (Å²) in [4.78, 5) is 41.2. The van der Waals surface area contributed by atoms with Crippen molar-refractivity contribution in [2.45, 2.75) is 25.4 Å². The van der Waals surface area contributed by atoms with Crippen LogP contribution in [0.15, 0.2) is 18.2 Å². The number of imide groups is 1. The average molecular weight is 470 g/mol. The van der Waals surface area contributed by atoms with Crippen LogP contribution in [0.1, 0.15) is 28.8 Å². The van der Waals surface area contributed by atoms with Crippen molar-refractivity contribution in [2.75, 3.05) is 31.1 Å². The molecule has 2 saturated heterocycles. The third-order valence-electron chi connectivity index (χ3n) is 5.21. The van der Waals surface area contributed by atoms with Crippen LogP contribution >= 0.6 is 0 Å². The molecule has 9 heteroatoms. The van der Waals surface area contributed by atoms with Gasteiger partial charge in [0, 0.05) is 0 Å². The van der Waals surface area contributed by atoms with E-state index in [0.717, 1.165) is 40.5 Å². The number of anilines is 1. The van der Waals surface area contributed by atoms with E-state index >= 15 is 0 Å². The molecule has 0 bridgehead atoms. The van der Waals surface area contributed by atoms with Gasteiger partial charge >= 0.3 is 163 Å². The standard InChI is InChI=1S/C17H21IN5O3/c19-18-23-15(24)4-3-14(17(23)26)22-10-11-9-12(1-2-13(11)16(22)25)21-7-5-20-6-8-21/h1-2,9,14,20H,3-8,10,19H2/q-1. The number of halogens is 1. The van der Waals surface area contributed by atoms with Gasteiger partial charge in [-0.3, -0.25) is 0 Å². The number of piperidine rings is 1. The van der Waals surface area contributed by atoms with Gasteiger partial charge in [0.15, 0.2) is 0 Å². The van der Waals surface area contributed by atoms with Crippen molar-refractivity contribution in [3.8, 4) is 0 Å². The van der Waals surface area contributed by atoms with Gasteiger partial charge in [0.25, 0.3) is 0 Å². The van der Waals surface area contributed by atoms with Crippen molar-refractivity contribution in [1.29, 1.82) is 0 Å². The van der Waals surface area contributed by atoms with Crippen molar-refractivity contribution in [3.63, 3.8) is 0 Å². The van der Waals surface area contributed by atoms with Crippen molar-refractivity contribution >= 4 is 23.4 Å². The number of nitrogens with two attached hydrogens (primary N) is 1. The van der Waals surface area contributed by atoms with Crippen LogP contribution in [0.25, 0.3) is 0 Å². The molecule has 1 aromatic rings. The first kappa shape index (κ1) is 17.7. The molecule has 0 spiro atoms. The molecule has 3 aliphatic rings. The van der Waals surface area contributed by atoms with E-state index in [9.17, 15) is 14.4 Å². The topological polar surface area (TPSA) is 99.0 Å². The third-order valence-corrected chi connectivity index (χ3v) is 6.78. The second-order valence-electron chi connectivity index (χ2n) is 6.68. The van der Waals surface area contributed by atoms with E-state index in [-0.39, 0.29) is 24.1 Å². The molecule has 1 aromatic carbocycles. The number of nitrogens with one attached hydrogen (secondary N) is 1. The second-order valence-corrected chi connectivity index (χ2v) is 8.20. The third kappa shape index (κ3) is 2.97. The summed E-state index contributed by atoms with van der Waals surface area (Å²) in [6.45, 7) is 4.19. The zero-order valence-electron chi connectivity index (χ0n) is 14.3. The van der Waals surface area contributed by atoms with E-state index in [4.69, 9.17) is 3.95 Å². The fourth-order valence-electron chi connectivity index (χ4n) is 3.83. The maximum absolute atomic E-state index is 12.8. The van der Waals surface area contributed by atoms with Gasteiger partial charge in [-0.1, -0.05) is 0 Å². The Morgan fingerprint density at radius 2 is 1.92 bits per heavy atom. The summed E-state index contributed by atoms with van der Waals surface area (Å²) in [5.41, 5.74) is 2.71. The molecule has 2 fully saturated rings. The number of piperazine rings is 1. The number of nitrogens with zero attached hydrogens (tertiary/aromatic N) is 3. The normalized spacial score (nSPS) is 23.8. The van der Waals surface area contributed by atoms with Crippen molar-refractivity contribution in [1.82, 2.24) is 13.3 Å². The van der Waals surface area contributed by atoms with Crippen LogP contribution in [0.3, 0.4) is 0 Å². The van der Waals surface area contributed by atoms with Gasteiger partial charge < -0.3 is 0 Å². The molecule has 0 aromatic heterocycles. The summed E-state index contributed by atoms with van der Waals surface area (Å²) in [7, 11) is 0. The quantitative estimate of drug-likeness (QED) is 0.270. The van der Waals surface area contributed by atoms with Gasteiger partial charge in [-0.2, -0.15) is 0 Å². The Hall–Kier alpha value is -1.72. The average Bonchev–Trinajstić information content (AvgIpc) is 2.99. The van der Waals surface area contributed by atoms with E-state index in [2.05, 4.69) is 16.3 Å². The Morgan fingerprint density at radius 1 is 1.15 bits per heavy atom. The van der Waals surface area contributed by atoms with Crippen LogP contribution < -0.4 is 35.9 Å². The molecule has 140 valence electrons. The summed E-state index contributed by atoms with van der Waals surface area (Å²) in [5.74, 6) is -0.665. The van der Waals surface area contributed by atoms with Crippen molar-refractivity contribution in [2.24, 2.45) is 3.95 Å². The van der Waals surface area contributed by atoms with Crippen LogP contribution in [-0.4, -0.2) is 58.0 Å². The zero-order chi connectivity index (χ0) is 18.3. The zero-order valence-corrected chi connectivity index (χ0v) is 16.4. The van der Waals surface area contributed by atoms with Crippen LogP contribution in [0.5, 0.6) is 0 Å². The molecule has 0 radical (unpaired) electrons. The monoisotopic (exact) mass is 470 g/mol.